The highest BCUT2D eigenvalue weighted by molar-refractivity contribution is 9.10. The molecule has 0 bridgehead atoms. The monoisotopic (exact) mass is 438 g/mol. The Kier molecular flexibility index (Phi) is 3.84. The lowest BCUT2D eigenvalue weighted by atomic mass is 10.1. The average Bonchev–Trinajstić information content (AvgIpc) is 2.99. The van der Waals surface area contributed by atoms with Crippen molar-refractivity contribution in [3.8, 4) is 5.75 Å². The molecule has 0 fully saturated rings. The molecule has 0 amide bonds. The summed E-state index contributed by atoms with van der Waals surface area (Å²) in [5, 5.41) is 13.4. The van der Waals surface area contributed by atoms with Crippen molar-refractivity contribution in [2.24, 2.45) is 0 Å². The molecule has 2 heterocycles. The van der Waals surface area contributed by atoms with E-state index in [2.05, 4.69) is 20.9 Å². The van der Waals surface area contributed by atoms with Crippen LogP contribution in [0.3, 0.4) is 0 Å². The average molecular weight is 439 g/mol. The van der Waals surface area contributed by atoms with Crippen molar-refractivity contribution in [3.63, 3.8) is 0 Å². The van der Waals surface area contributed by atoms with Crippen LogP contribution in [0.2, 0.25) is 0 Å². The number of phenols is 1. The molecule has 3 nitrogen and oxygen atoms in total. The Bertz CT molecular complexity index is 1390. The predicted molar refractivity (Wildman–Crippen MR) is 110 cm³/mol. The van der Waals surface area contributed by atoms with Crippen molar-refractivity contribution in [3.05, 3.63) is 82.5 Å². The molecular weight excluding hydrogens is 426 g/mol. The molecule has 1 N–H and O–H groups in total. The van der Waals surface area contributed by atoms with Crippen molar-refractivity contribution in [2.45, 2.75) is 6.54 Å². The summed E-state index contributed by atoms with van der Waals surface area (Å²) in [5.74, 6) is -0.945. The van der Waals surface area contributed by atoms with Gasteiger partial charge in [0.15, 0.2) is 0 Å². The van der Waals surface area contributed by atoms with Gasteiger partial charge in [0.05, 0.1) is 17.6 Å². The van der Waals surface area contributed by atoms with E-state index in [0.717, 1.165) is 38.3 Å². The van der Waals surface area contributed by atoms with E-state index in [0.29, 0.717) is 11.0 Å². The van der Waals surface area contributed by atoms with Crippen LogP contribution in [0.15, 0.2) is 65.3 Å². The minimum Gasteiger partial charge on any atom is -0.506 e. The zero-order valence-corrected chi connectivity index (χ0v) is 16.0. The minimum atomic E-state index is -0.501. The highest BCUT2D eigenvalue weighted by Crippen LogP contribution is 2.40. The van der Waals surface area contributed by atoms with Crippen LogP contribution in [0.4, 0.5) is 8.78 Å². The lowest BCUT2D eigenvalue weighted by molar-refractivity contribution is 0.479. The Hall–Kier alpha value is -2.99. The Balaban J connectivity index is 1.92. The predicted octanol–water partition coefficient (Wildman–Crippen LogP) is 6.14. The van der Waals surface area contributed by atoms with E-state index in [9.17, 15) is 13.9 Å². The SMILES string of the molecule is Oc1cc2ncccc2c2c3cc(Br)ccc3n(Cc3cc(F)ccc3F)c12. The second kappa shape index (κ2) is 6.27. The summed E-state index contributed by atoms with van der Waals surface area (Å²) in [6.45, 7) is 0.0879. The fourth-order valence-electron chi connectivity index (χ4n) is 3.81. The first-order valence-corrected chi connectivity index (χ1v) is 9.44. The van der Waals surface area contributed by atoms with Gasteiger partial charge in [-0.2, -0.15) is 0 Å². The Morgan fingerprint density at radius 2 is 1.86 bits per heavy atom. The second-order valence-corrected chi connectivity index (χ2v) is 7.59. The van der Waals surface area contributed by atoms with Crippen molar-refractivity contribution >= 4 is 48.6 Å². The van der Waals surface area contributed by atoms with Gasteiger partial charge in [-0.05, 0) is 42.5 Å². The molecule has 6 heteroatoms. The summed E-state index contributed by atoms with van der Waals surface area (Å²) >= 11 is 3.50. The van der Waals surface area contributed by atoms with Crippen LogP contribution in [-0.4, -0.2) is 14.7 Å². The smallest absolute Gasteiger partial charge is 0.142 e. The first-order valence-electron chi connectivity index (χ1n) is 8.65. The summed E-state index contributed by atoms with van der Waals surface area (Å²) in [6.07, 6.45) is 1.67. The van der Waals surface area contributed by atoms with Crippen LogP contribution in [0.1, 0.15) is 5.56 Å². The number of hydrogen-bond donors (Lipinski definition) is 1. The molecule has 0 saturated heterocycles. The molecule has 2 aromatic heterocycles. The Morgan fingerprint density at radius 3 is 2.71 bits per heavy atom. The van der Waals surface area contributed by atoms with E-state index in [1.807, 2.05) is 34.9 Å². The van der Waals surface area contributed by atoms with E-state index >= 15 is 0 Å². The van der Waals surface area contributed by atoms with Crippen LogP contribution >= 0.6 is 15.9 Å². The molecule has 28 heavy (non-hydrogen) atoms. The number of hydrogen-bond acceptors (Lipinski definition) is 2. The van der Waals surface area contributed by atoms with E-state index in [-0.39, 0.29) is 17.9 Å². The Morgan fingerprint density at radius 1 is 1.00 bits per heavy atom. The van der Waals surface area contributed by atoms with Crippen LogP contribution in [0.25, 0.3) is 32.7 Å². The zero-order chi connectivity index (χ0) is 19.4. The molecule has 0 unspecified atom stereocenters. The summed E-state index contributed by atoms with van der Waals surface area (Å²) in [6, 6.07) is 14.5. The highest BCUT2D eigenvalue weighted by Gasteiger charge is 2.19. The first-order chi connectivity index (χ1) is 13.5. The molecule has 0 atom stereocenters. The number of benzene rings is 3. The third kappa shape index (κ3) is 2.56. The van der Waals surface area contributed by atoms with Gasteiger partial charge in [0.2, 0.25) is 0 Å². The quantitative estimate of drug-likeness (QED) is 0.359. The fraction of sp³-hybridized carbons (Fsp3) is 0.0455. The topological polar surface area (TPSA) is 38.1 Å². The number of aromatic nitrogens is 2. The maximum absolute atomic E-state index is 14.3. The van der Waals surface area contributed by atoms with Crippen LogP contribution in [0.5, 0.6) is 5.75 Å². The largest absolute Gasteiger partial charge is 0.506 e. The van der Waals surface area contributed by atoms with E-state index in [1.54, 1.807) is 12.3 Å². The van der Waals surface area contributed by atoms with Crippen LogP contribution < -0.4 is 0 Å². The number of nitrogens with zero attached hydrogens (tertiary/aromatic N) is 2. The lowest BCUT2D eigenvalue weighted by Gasteiger charge is -2.10. The molecule has 0 aliphatic rings. The lowest BCUT2D eigenvalue weighted by Crippen LogP contribution is -2.02. The van der Waals surface area contributed by atoms with Gasteiger partial charge >= 0.3 is 0 Å². The Labute approximate surface area is 167 Å². The molecule has 0 saturated carbocycles. The molecule has 138 valence electrons. The van der Waals surface area contributed by atoms with Gasteiger partial charge in [-0.15, -0.1) is 0 Å². The molecule has 0 aliphatic carbocycles. The van der Waals surface area contributed by atoms with Gasteiger partial charge in [-0.1, -0.05) is 22.0 Å². The third-order valence-corrected chi connectivity index (χ3v) is 5.48. The fourth-order valence-corrected chi connectivity index (χ4v) is 4.17. The third-order valence-electron chi connectivity index (χ3n) is 4.99. The molecule has 0 spiro atoms. The number of rotatable bonds is 2. The number of halogens is 3. The molecule has 5 aromatic rings. The maximum atomic E-state index is 14.3. The van der Waals surface area contributed by atoms with Gasteiger partial charge in [-0.3, -0.25) is 4.98 Å². The van der Waals surface area contributed by atoms with E-state index in [1.165, 1.54) is 6.07 Å². The molecule has 3 aromatic carbocycles. The number of fused-ring (bicyclic) bond motifs is 5. The maximum Gasteiger partial charge on any atom is 0.142 e. The van der Waals surface area contributed by atoms with Crippen molar-refractivity contribution < 1.29 is 13.9 Å². The highest BCUT2D eigenvalue weighted by atomic mass is 79.9. The van der Waals surface area contributed by atoms with Crippen molar-refractivity contribution in [1.29, 1.82) is 0 Å². The number of pyridine rings is 1. The molecule has 0 radical (unpaired) electrons. The summed E-state index contributed by atoms with van der Waals surface area (Å²) in [4.78, 5) is 4.35. The van der Waals surface area contributed by atoms with Crippen molar-refractivity contribution in [2.75, 3.05) is 0 Å². The molecular formula is C22H13BrF2N2O. The van der Waals surface area contributed by atoms with Gasteiger partial charge in [0.25, 0.3) is 0 Å². The van der Waals surface area contributed by atoms with Crippen molar-refractivity contribution in [1.82, 2.24) is 9.55 Å². The van der Waals surface area contributed by atoms with Gasteiger partial charge in [-0.25, -0.2) is 8.78 Å². The standard InChI is InChI=1S/C22H13BrF2N2O/c23-13-3-6-19-16(9-13)21-15-2-1-7-26-18(15)10-20(28)22(21)27(19)11-12-8-14(24)4-5-17(12)25/h1-10,28H,11H2. The van der Waals surface area contributed by atoms with Gasteiger partial charge in [0, 0.05) is 44.0 Å². The van der Waals surface area contributed by atoms with E-state index < -0.39 is 11.6 Å². The van der Waals surface area contributed by atoms with Crippen LogP contribution in [0, 0.1) is 11.6 Å². The van der Waals surface area contributed by atoms with Gasteiger partial charge < -0.3 is 9.67 Å². The number of aromatic hydroxyl groups is 1. The van der Waals surface area contributed by atoms with Gasteiger partial charge in [0.1, 0.15) is 17.4 Å². The van der Waals surface area contributed by atoms with Crippen LogP contribution in [-0.2, 0) is 6.54 Å². The normalized spacial score (nSPS) is 11.7. The minimum absolute atomic E-state index is 0.0466. The molecule has 0 aliphatic heterocycles. The number of phenolic OH excluding ortho intramolecular Hbond substituents is 1. The second-order valence-electron chi connectivity index (χ2n) is 6.67. The van der Waals surface area contributed by atoms with E-state index in [4.69, 9.17) is 0 Å². The summed E-state index contributed by atoms with van der Waals surface area (Å²) in [5.41, 5.74) is 2.27. The zero-order valence-electron chi connectivity index (χ0n) is 14.5. The summed E-state index contributed by atoms with van der Waals surface area (Å²) in [7, 11) is 0. The summed E-state index contributed by atoms with van der Waals surface area (Å²) < 4.78 is 30.7. The molecule has 5 rings (SSSR count). The first kappa shape index (κ1) is 17.1.